The summed E-state index contributed by atoms with van der Waals surface area (Å²) in [5.74, 6) is -5.15. The molecule has 0 unspecified atom stereocenters. The van der Waals surface area contributed by atoms with Gasteiger partial charge in [0, 0.05) is 19.3 Å². The van der Waals surface area contributed by atoms with Crippen molar-refractivity contribution >= 4 is 29.6 Å². The third kappa shape index (κ3) is 14.7. The van der Waals surface area contributed by atoms with Gasteiger partial charge in [0.05, 0.1) is 33.7 Å². The quantitative estimate of drug-likeness (QED) is 0.0676. The van der Waals surface area contributed by atoms with Crippen molar-refractivity contribution in [1.82, 2.24) is 5.32 Å². The molecule has 0 aliphatic heterocycles. The largest absolute Gasteiger partial charge is 0.508 e. The zero-order valence-electron chi connectivity index (χ0n) is 27.2. The van der Waals surface area contributed by atoms with Gasteiger partial charge in [-0.25, -0.2) is 9.59 Å². The molecular weight excluding hydrogens is 582 g/mol. The van der Waals surface area contributed by atoms with Crippen molar-refractivity contribution < 1.29 is 48.4 Å². The van der Waals surface area contributed by atoms with E-state index < -0.39 is 47.8 Å². The molecule has 11 nitrogen and oxygen atoms in total. The van der Waals surface area contributed by atoms with Crippen molar-refractivity contribution in [2.24, 2.45) is 5.92 Å². The van der Waals surface area contributed by atoms with Gasteiger partial charge >= 0.3 is 17.9 Å². The summed E-state index contributed by atoms with van der Waals surface area (Å²) in [6.07, 6.45) is 12.6. The molecule has 1 rings (SSSR count). The number of phenolic OH excluding ortho intramolecular Hbond substituents is 1. The molecule has 0 fully saturated rings. The molecule has 0 saturated carbocycles. The predicted molar refractivity (Wildman–Crippen MR) is 168 cm³/mol. The summed E-state index contributed by atoms with van der Waals surface area (Å²) in [6.45, 7) is 2.16. The fourth-order valence-corrected chi connectivity index (χ4v) is 4.93. The second kappa shape index (κ2) is 21.9. The molecular formula is C34H51NO10. The number of ether oxygens (including phenoxy) is 3. The summed E-state index contributed by atoms with van der Waals surface area (Å²) >= 11 is 0. The Morgan fingerprint density at radius 3 is 2.00 bits per heavy atom. The van der Waals surface area contributed by atoms with E-state index in [1.54, 1.807) is 18.2 Å². The van der Waals surface area contributed by atoms with Crippen molar-refractivity contribution in [2.45, 2.75) is 108 Å². The highest BCUT2D eigenvalue weighted by Crippen LogP contribution is 2.27. The van der Waals surface area contributed by atoms with Crippen LogP contribution in [-0.2, 0) is 44.6 Å². The summed E-state index contributed by atoms with van der Waals surface area (Å²) in [6, 6.07) is 4.79. The fourth-order valence-electron chi connectivity index (χ4n) is 4.93. The van der Waals surface area contributed by atoms with E-state index in [-0.39, 0.29) is 12.2 Å². The van der Waals surface area contributed by atoms with Crippen LogP contribution in [-0.4, -0.2) is 72.8 Å². The molecule has 1 aromatic rings. The van der Waals surface area contributed by atoms with Gasteiger partial charge in [0.2, 0.25) is 5.91 Å². The van der Waals surface area contributed by atoms with Crippen LogP contribution < -0.4 is 5.32 Å². The highest BCUT2D eigenvalue weighted by atomic mass is 16.5. The monoisotopic (exact) mass is 633 g/mol. The second-order valence-electron chi connectivity index (χ2n) is 11.2. The number of carbonyl (C=O) groups is 5. The van der Waals surface area contributed by atoms with Gasteiger partial charge in [-0.1, -0.05) is 69.7 Å². The molecule has 3 N–H and O–H groups in total. The molecule has 3 atom stereocenters. The lowest BCUT2D eigenvalue weighted by Gasteiger charge is -2.31. The minimum absolute atomic E-state index is 0.00978. The van der Waals surface area contributed by atoms with E-state index in [0.29, 0.717) is 30.6 Å². The van der Waals surface area contributed by atoms with Crippen LogP contribution in [0.1, 0.15) is 96.0 Å². The molecule has 45 heavy (non-hydrogen) atoms. The number of unbranched alkanes of at least 4 members (excludes halogenated alkanes) is 8. The van der Waals surface area contributed by atoms with E-state index in [1.165, 1.54) is 37.5 Å². The van der Waals surface area contributed by atoms with Crippen molar-refractivity contribution in [2.75, 3.05) is 21.3 Å². The first-order valence-corrected chi connectivity index (χ1v) is 15.7. The fraction of sp³-hybridized carbons (Fsp3) is 0.618. The van der Waals surface area contributed by atoms with Crippen LogP contribution in [0.5, 0.6) is 5.75 Å². The van der Waals surface area contributed by atoms with Gasteiger partial charge in [-0.2, -0.15) is 0 Å². The maximum Gasteiger partial charge on any atom is 0.339 e. The number of esters is 3. The van der Waals surface area contributed by atoms with Crippen molar-refractivity contribution in [3.8, 4) is 5.75 Å². The first kappa shape index (κ1) is 39.3. The highest BCUT2D eigenvalue weighted by molar-refractivity contribution is 5.95. The minimum atomic E-state index is -2.63. The van der Waals surface area contributed by atoms with E-state index in [4.69, 9.17) is 9.47 Å². The molecule has 0 spiro atoms. The topological polar surface area (TPSA) is 166 Å². The van der Waals surface area contributed by atoms with Crippen LogP contribution in [0, 0.1) is 5.92 Å². The molecule has 0 aromatic heterocycles. The third-order valence-corrected chi connectivity index (χ3v) is 7.62. The Morgan fingerprint density at radius 1 is 0.844 bits per heavy atom. The van der Waals surface area contributed by atoms with Gasteiger partial charge in [-0.05, 0) is 43.4 Å². The van der Waals surface area contributed by atoms with Crippen molar-refractivity contribution in [1.29, 1.82) is 0 Å². The zero-order valence-corrected chi connectivity index (χ0v) is 27.2. The lowest BCUT2D eigenvalue weighted by molar-refractivity contribution is -0.176. The number of nitrogens with one attached hydrogen (secondary N) is 1. The van der Waals surface area contributed by atoms with E-state index in [2.05, 4.69) is 17.0 Å². The number of benzene rings is 1. The molecule has 252 valence electrons. The second-order valence-corrected chi connectivity index (χ2v) is 11.2. The Kier molecular flexibility index (Phi) is 19.1. The van der Waals surface area contributed by atoms with Gasteiger partial charge in [-0.3, -0.25) is 14.4 Å². The molecule has 11 heteroatoms. The lowest BCUT2D eigenvalue weighted by atomic mass is 9.82. The normalized spacial score (nSPS) is 13.8. The number of ketones is 1. The molecule has 0 aliphatic carbocycles. The molecule has 0 aliphatic rings. The average Bonchev–Trinajstić information content (AvgIpc) is 3.03. The summed E-state index contributed by atoms with van der Waals surface area (Å²) in [5, 5.41) is 23.5. The number of aliphatic hydroxyl groups is 1. The number of phenols is 1. The number of amides is 1. The smallest absolute Gasteiger partial charge is 0.339 e. The zero-order chi connectivity index (χ0) is 33.7. The SMILES string of the molecule is CCCCCCCC(=O)CCCCCC/C=C/[C@@H](C(=O)N[C@@H](Cc1ccc(O)cc1)C(=O)OC)[C@@](O)(CC(=O)OC)C(=O)OC. The predicted octanol–water partition coefficient (Wildman–Crippen LogP) is 4.50. The number of methoxy groups -OCH3 is 3. The van der Waals surface area contributed by atoms with Gasteiger partial charge in [0.1, 0.15) is 17.6 Å². The van der Waals surface area contributed by atoms with E-state index >= 15 is 0 Å². The van der Waals surface area contributed by atoms with E-state index in [9.17, 15) is 34.2 Å². The number of rotatable bonds is 23. The number of Topliss-reactive ketones (excluding diaryl/α,β-unsaturated/α-hetero) is 1. The number of hydrogen-bond donors (Lipinski definition) is 3. The molecule has 1 aromatic carbocycles. The van der Waals surface area contributed by atoms with Gasteiger partial charge in [-0.15, -0.1) is 0 Å². The van der Waals surface area contributed by atoms with Crippen LogP contribution in [0.2, 0.25) is 0 Å². The van der Waals surface area contributed by atoms with E-state index in [1.807, 2.05) is 0 Å². The first-order valence-electron chi connectivity index (χ1n) is 15.7. The summed E-state index contributed by atoms with van der Waals surface area (Å²) in [5.41, 5.74) is -2.03. The van der Waals surface area contributed by atoms with Crippen LogP contribution in [0.4, 0.5) is 0 Å². The third-order valence-electron chi connectivity index (χ3n) is 7.62. The Labute approximate surface area is 266 Å². The number of hydrogen-bond acceptors (Lipinski definition) is 10. The number of aromatic hydroxyl groups is 1. The first-order chi connectivity index (χ1) is 21.5. The molecule has 0 radical (unpaired) electrons. The van der Waals surface area contributed by atoms with Crippen LogP contribution >= 0.6 is 0 Å². The molecule has 0 bridgehead atoms. The summed E-state index contributed by atoms with van der Waals surface area (Å²) in [4.78, 5) is 63.2. The Hall–Kier alpha value is -3.73. The summed E-state index contributed by atoms with van der Waals surface area (Å²) in [7, 11) is 3.25. The maximum absolute atomic E-state index is 13.6. The Morgan fingerprint density at radius 2 is 1.44 bits per heavy atom. The molecule has 1 amide bonds. The molecule has 0 saturated heterocycles. The van der Waals surface area contributed by atoms with Crippen molar-refractivity contribution in [3.63, 3.8) is 0 Å². The molecule has 0 heterocycles. The van der Waals surface area contributed by atoms with Gasteiger partial charge in [0.25, 0.3) is 0 Å². The van der Waals surface area contributed by atoms with Gasteiger partial charge in [0.15, 0.2) is 5.60 Å². The van der Waals surface area contributed by atoms with Gasteiger partial charge < -0.3 is 29.7 Å². The average molecular weight is 634 g/mol. The maximum atomic E-state index is 13.6. The number of allylic oxidation sites excluding steroid dienone is 1. The Balaban J connectivity index is 2.94. The Bertz CT molecular complexity index is 1100. The highest BCUT2D eigenvalue weighted by Gasteiger charge is 2.50. The number of carbonyl (C=O) groups excluding carboxylic acids is 5. The van der Waals surface area contributed by atoms with E-state index in [0.717, 1.165) is 59.9 Å². The van der Waals surface area contributed by atoms with Crippen LogP contribution in [0.3, 0.4) is 0 Å². The van der Waals surface area contributed by atoms with Crippen LogP contribution in [0.25, 0.3) is 0 Å². The lowest BCUT2D eigenvalue weighted by Crippen LogP contribution is -2.56. The summed E-state index contributed by atoms with van der Waals surface area (Å²) < 4.78 is 14.2. The van der Waals surface area contributed by atoms with Crippen molar-refractivity contribution in [3.05, 3.63) is 42.0 Å². The van der Waals surface area contributed by atoms with Crippen LogP contribution in [0.15, 0.2) is 36.4 Å². The minimum Gasteiger partial charge on any atom is -0.508 e. The standard InChI is InChI=1S/C34H51NO10/c1-5-6-7-10-13-16-26(36)17-14-11-8-9-12-15-18-28(34(42,33(41)45-4)24-30(38)43-2)31(39)35-29(32(40)44-3)23-25-19-21-27(37)22-20-25/h15,18-22,28-29,37,42H,5-14,16-17,23-24H2,1-4H3,(H,35,39)/b18-15+/t28-,29-,34-/m0/s1.